The van der Waals surface area contributed by atoms with Gasteiger partial charge in [0.1, 0.15) is 6.17 Å². The van der Waals surface area contributed by atoms with Gasteiger partial charge >= 0.3 is 6.03 Å². The average Bonchev–Trinajstić information content (AvgIpc) is 2.49. The van der Waals surface area contributed by atoms with Crippen LogP contribution < -0.4 is 16.0 Å². The van der Waals surface area contributed by atoms with Crippen molar-refractivity contribution in [2.45, 2.75) is 9.96 Å². The Hall–Kier alpha value is -1.33. The van der Waals surface area contributed by atoms with Crippen LogP contribution in [0.5, 0.6) is 0 Å². The molecule has 122 valence electrons. The Balaban J connectivity index is 2.04. The van der Waals surface area contributed by atoms with Crippen LogP contribution in [-0.4, -0.2) is 16.0 Å². The number of rotatable bonds is 4. The zero-order valence-corrected chi connectivity index (χ0v) is 14.7. The zero-order valence-electron chi connectivity index (χ0n) is 11.7. The minimum absolute atomic E-state index is 0.506. The van der Waals surface area contributed by atoms with Gasteiger partial charge in [0.2, 0.25) is 3.79 Å². The van der Waals surface area contributed by atoms with E-state index < -0.39 is 16.0 Å². The van der Waals surface area contributed by atoms with E-state index in [4.69, 9.17) is 46.4 Å². The lowest BCUT2D eigenvalue weighted by atomic mass is 10.3. The summed E-state index contributed by atoms with van der Waals surface area (Å²) in [5.74, 6) is 0. The highest BCUT2D eigenvalue weighted by molar-refractivity contribution is 6.68. The summed E-state index contributed by atoms with van der Waals surface area (Å²) < 4.78 is -1.76. The van der Waals surface area contributed by atoms with Crippen molar-refractivity contribution in [3.8, 4) is 0 Å². The van der Waals surface area contributed by atoms with Crippen molar-refractivity contribution in [2.75, 3.05) is 10.6 Å². The van der Waals surface area contributed by atoms with E-state index in [-0.39, 0.29) is 0 Å². The van der Waals surface area contributed by atoms with E-state index in [1.807, 2.05) is 6.07 Å². The number of para-hydroxylation sites is 1. The van der Waals surface area contributed by atoms with Crippen LogP contribution in [0.2, 0.25) is 5.02 Å². The number of alkyl halides is 3. The van der Waals surface area contributed by atoms with Crippen LogP contribution in [0.1, 0.15) is 0 Å². The van der Waals surface area contributed by atoms with Crippen molar-refractivity contribution in [1.29, 1.82) is 0 Å². The summed E-state index contributed by atoms with van der Waals surface area (Å²) in [5, 5.41) is 8.75. The van der Waals surface area contributed by atoms with Crippen LogP contribution in [0.4, 0.5) is 16.2 Å². The van der Waals surface area contributed by atoms with Gasteiger partial charge in [0.05, 0.1) is 0 Å². The average molecular weight is 393 g/mol. The second-order valence-corrected chi connectivity index (χ2v) is 7.40. The van der Waals surface area contributed by atoms with Gasteiger partial charge in [-0.05, 0) is 36.4 Å². The summed E-state index contributed by atoms with van der Waals surface area (Å²) >= 11 is 23.6. The van der Waals surface area contributed by atoms with Gasteiger partial charge in [0.25, 0.3) is 0 Å². The first-order chi connectivity index (χ1) is 10.8. The standard InChI is InChI=1S/C15H13Cl4N3O/c16-10-6-8-12(9-7-10)20-13(15(17,18)19)22-14(23)21-11-4-2-1-3-5-11/h1-9,13,20H,(H2,21,22,23)/t13-/m1/s1. The van der Waals surface area contributed by atoms with Gasteiger partial charge in [-0.25, -0.2) is 4.79 Å². The Morgan fingerprint density at radius 3 is 2.09 bits per heavy atom. The van der Waals surface area contributed by atoms with Gasteiger partial charge in [0.15, 0.2) is 0 Å². The molecular weight excluding hydrogens is 380 g/mol. The molecule has 0 heterocycles. The minimum atomic E-state index is -1.76. The predicted octanol–water partition coefficient (Wildman–Crippen LogP) is 5.27. The Morgan fingerprint density at radius 2 is 1.52 bits per heavy atom. The second-order valence-electron chi connectivity index (χ2n) is 4.59. The van der Waals surface area contributed by atoms with Crippen molar-refractivity contribution in [3.63, 3.8) is 0 Å². The van der Waals surface area contributed by atoms with Crippen molar-refractivity contribution < 1.29 is 4.79 Å². The van der Waals surface area contributed by atoms with Gasteiger partial charge in [-0.2, -0.15) is 0 Å². The van der Waals surface area contributed by atoms with Gasteiger partial charge < -0.3 is 16.0 Å². The summed E-state index contributed by atoms with van der Waals surface area (Å²) in [6.07, 6.45) is -0.947. The highest BCUT2D eigenvalue weighted by Crippen LogP contribution is 2.31. The third-order valence-corrected chi connectivity index (χ3v) is 3.70. The summed E-state index contributed by atoms with van der Waals surface area (Å²) in [7, 11) is 0. The lowest BCUT2D eigenvalue weighted by molar-refractivity contribution is 0.249. The molecule has 0 radical (unpaired) electrons. The fraction of sp³-hybridized carbons (Fsp3) is 0.133. The first-order valence-corrected chi connectivity index (χ1v) is 8.07. The van der Waals surface area contributed by atoms with E-state index in [2.05, 4.69) is 16.0 Å². The molecule has 2 aromatic carbocycles. The molecule has 0 unspecified atom stereocenters. The number of carbonyl (C=O) groups excluding carboxylic acids is 1. The van der Waals surface area contributed by atoms with Crippen LogP contribution in [-0.2, 0) is 0 Å². The van der Waals surface area contributed by atoms with E-state index >= 15 is 0 Å². The number of hydrogen-bond donors (Lipinski definition) is 3. The number of urea groups is 1. The minimum Gasteiger partial charge on any atom is -0.362 e. The Labute approximate surface area is 154 Å². The summed E-state index contributed by atoms with van der Waals surface area (Å²) in [6, 6.07) is 15.2. The molecule has 0 aliphatic carbocycles. The third-order valence-electron chi connectivity index (χ3n) is 2.79. The summed E-state index contributed by atoms with van der Waals surface area (Å²) in [4.78, 5) is 12.1. The number of amides is 2. The molecule has 0 aliphatic heterocycles. The zero-order chi connectivity index (χ0) is 16.9. The van der Waals surface area contributed by atoms with Gasteiger partial charge in [-0.1, -0.05) is 64.6 Å². The maximum Gasteiger partial charge on any atom is 0.320 e. The molecule has 23 heavy (non-hydrogen) atoms. The van der Waals surface area contributed by atoms with E-state index in [0.29, 0.717) is 16.4 Å². The largest absolute Gasteiger partial charge is 0.362 e. The number of nitrogens with one attached hydrogen (secondary N) is 3. The monoisotopic (exact) mass is 391 g/mol. The topological polar surface area (TPSA) is 53.2 Å². The van der Waals surface area contributed by atoms with Gasteiger partial charge in [0, 0.05) is 16.4 Å². The molecule has 0 saturated heterocycles. The Bertz CT molecular complexity index is 644. The quantitative estimate of drug-likeness (QED) is 0.490. The van der Waals surface area contributed by atoms with Crippen LogP contribution in [0.3, 0.4) is 0 Å². The molecule has 8 heteroatoms. The molecule has 0 aromatic heterocycles. The molecule has 0 saturated carbocycles. The molecule has 0 aliphatic rings. The van der Waals surface area contributed by atoms with E-state index in [1.54, 1.807) is 48.5 Å². The molecule has 2 rings (SSSR count). The molecule has 2 aromatic rings. The van der Waals surface area contributed by atoms with Crippen LogP contribution in [0.25, 0.3) is 0 Å². The van der Waals surface area contributed by atoms with Gasteiger partial charge in [-0.3, -0.25) is 0 Å². The molecule has 3 N–H and O–H groups in total. The predicted molar refractivity (Wildman–Crippen MR) is 97.7 cm³/mol. The molecule has 4 nitrogen and oxygen atoms in total. The SMILES string of the molecule is O=C(Nc1ccccc1)N[C@@H](Nc1ccc(Cl)cc1)C(Cl)(Cl)Cl. The van der Waals surface area contributed by atoms with E-state index in [0.717, 1.165) is 0 Å². The number of anilines is 2. The number of halogens is 4. The van der Waals surface area contributed by atoms with Crippen molar-refractivity contribution in [2.24, 2.45) is 0 Å². The van der Waals surface area contributed by atoms with E-state index in [9.17, 15) is 4.79 Å². The maximum absolute atomic E-state index is 12.1. The summed E-state index contributed by atoms with van der Waals surface area (Å²) in [6.45, 7) is 0. The first-order valence-electron chi connectivity index (χ1n) is 6.56. The summed E-state index contributed by atoms with van der Waals surface area (Å²) in [5.41, 5.74) is 1.27. The molecule has 2 amide bonds. The van der Waals surface area contributed by atoms with E-state index in [1.165, 1.54) is 0 Å². The fourth-order valence-corrected chi connectivity index (χ4v) is 2.19. The molecule has 1 atom stereocenters. The highest BCUT2D eigenvalue weighted by atomic mass is 35.6. The fourth-order valence-electron chi connectivity index (χ4n) is 1.73. The van der Waals surface area contributed by atoms with Crippen LogP contribution in [0.15, 0.2) is 54.6 Å². The first kappa shape index (κ1) is 18.0. The highest BCUT2D eigenvalue weighted by Gasteiger charge is 2.34. The van der Waals surface area contributed by atoms with Crippen molar-refractivity contribution >= 4 is 63.8 Å². The Kier molecular flexibility index (Phi) is 6.25. The van der Waals surface area contributed by atoms with Crippen LogP contribution in [0, 0.1) is 0 Å². The maximum atomic E-state index is 12.1. The molecule has 0 fully saturated rings. The molecular formula is C15H13Cl4N3O. The normalized spacial score (nSPS) is 12.3. The molecule has 0 spiro atoms. The molecule has 0 bridgehead atoms. The second kappa shape index (κ2) is 7.97. The lowest BCUT2D eigenvalue weighted by Crippen LogP contribution is -2.50. The Morgan fingerprint density at radius 1 is 0.913 bits per heavy atom. The number of carbonyl (C=O) groups is 1. The van der Waals surface area contributed by atoms with Crippen molar-refractivity contribution in [3.05, 3.63) is 59.6 Å². The number of hydrogen-bond acceptors (Lipinski definition) is 2. The third kappa shape index (κ3) is 5.99. The smallest absolute Gasteiger partial charge is 0.320 e. The lowest BCUT2D eigenvalue weighted by Gasteiger charge is -2.27. The van der Waals surface area contributed by atoms with Crippen LogP contribution >= 0.6 is 46.4 Å². The number of benzene rings is 2. The van der Waals surface area contributed by atoms with Crippen molar-refractivity contribution in [1.82, 2.24) is 5.32 Å². The van der Waals surface area contributed by atoms with Gasteiger partial charge in [-0.15, -0.1) is 0 Å².